The SMILES string of the molecule is CCOc1cc([C@H]2C(C(=O)OC)=C(C)NC3=C2C(=O)C[C@@H](c2ccc(OC)cc2)C3)cc(Cl)c1O. The van der Waals surface area contributed by atoms with Crippen molar-refractivity contribution in [2.24, 2.45) is 0 Å². The van der Waals surface area contributed by atoms with E-state index in [-0.39, 0.29) is 28.2 Å². The molecule has 184 valence electrons. The number of rotatable bonds is 6. The number of methoxy groups -OCH3 is 2. The van der Waals surface area contributed by atoms with Crippen LogP contribution >= 0.6 is 11.6 Å². The average molecular weight is 498 g/mol. The summed E-state index contributed by atoms with van der Waals surface area (Å²) in [7, 11) is 2.92. The van der Waals surface area contributed by atoms with Gasteiger partial charge in [-0.2, -0.15) is 0 Å². The van der Waals surface area contributed by atoms with E-state index in [1.54, 1.807) is 33.1 Å². The molecule has 8 heteroatoms. The first-order valence-corrected chi connectivity index (χ1v) is 11.8. The topological polar surface area (TPSA) is 94.1 Å². The molecule has 1 aliphatic carbocycles. The predicted octanol–water partition coefficient (Wildman–Crippen LogP) is 4.99. The second kappa shape index (κ2) is 10.0. The molecule has 2 N–H and O–H groups in total. The molecule has 0 saturated carbocycles. The van der Waals surface area contributed by atoms with Gasteiger partial charge in [-0.3, -0.25) is 4.79 Å². The summed E-state index contributed by atoms with van der Waals surface area (Å²) in [5.41, 5.74) is 3.80. The quantitative estimate of drug-likeness (QED) is 0.543. The number of phenols is 1. The fourth-order valence-corrected chi connectivity index (χ4v) is 5.11. The number of Topliss-reactive ketones (excluding diaryl/α,β-unsaturated/α-hetero) is 1. The van der Waals surface area contributed by atoms with Crippen LogP contribution in [0.15, 0.2) is 58.9 Å². The van der Waals surface area contributed by atoms with Gasteiger partial charge in [-0.05, 0) is 61.6 Å². The Kier molecular flexibility index (Phi) is 7.08. The van der Waals surface area contributed by atoms with E-state index >= 15 is 0 Å². The summed E-state index contributed by atoms with van der Waals surface area (Å²) in [4.78, 5) is 26.5. The van der Waals surface area contributed by atoms with E-state index in [2.05, 4.69) is 5.32 Å². The lowest BCUT2D eigenvalue weighted by Crippen LogP contribution is -2.36. The smallest absolute Gasteiger partial charge is 0.336 e. The van der Waals surface area contributed by atoms with Gasteiger partial charge in [0.1, 0.15) is 5.75 Å². The number of benzene rings is 2. The van der Waals surface area contributed by atoms with Crippen LogP contribution in [0.4, 0.5) is 0 Å². The lowest BCUT2D eigenvalue weighted by atomic mass is 9.71. The molecule has 2 atom stereocenters. The van der Waals surface area contributed by atoms with Crippen molar-refractivity contribution in [3.8, 4) is 17.2 Å². The molecule has 1 aliphatic heterocycles. The van der Waals surface area contributed by atoms with Crippen molar-refractivity contribution in [3.05, 3.63) is 75.1 Å². The Bertz CT molecular complexity index is 1230. The summed E-state index contributed by atoms with van der Waals surface area (Å²) in [6, 6.07) is 10.9. The number of carbonyl (C=O) groups excluding carboxylic acids is 2. The highest BCUT2D eigenvalue weighted by molar-refractivity contribution is 6.32. The fourth-order valence-electron chi connectivity index (χ4n) is 4.89. The maximum Gasteiger partial charge on any atom is 0.336 e. The zero-order valence-corrected chi connectivity index (χ0v) is 20.9. The number of nitrogens with one attached hydrogen (secondary N) is 1. The fraction of sp³-hybridized carbons (Fsp3) is 0.333. The van der Waals surface area contributed by atoms with Crippen LogP contribution < -0.4 is 14.8 Å². The van der Waals surface area contributed by atoms with Crippen molar-refractivity contribution < 1.29 is 28.9 Å². The number of esters is 1. The molecule has 35 heavy (non-hydrogen) atoms. The van der Waals surface area contributed by atoms with Crippen LogP contribution in [0.3, 0.4) is 0 Å². The van der Waals surface area contributed by atoms with Crippen molar-refractivity contribution in [2.75, 3.05) is 20.8 Å². The number of aromatic hydroxyl groups is 1. The van der Waals surface area contributed by atoms with Gasteiger partial charge < -0.3 is 24.6 Å². The Hall–Kier alpha value is -3.45. The van der Waals surface area contributed by atoms with Crippen molar-refractivity contribution in [3.63, 3.8) is 0 Å². The van der Waals surface area contributed by atoms with Crippen LogP contribution in [-0.4, -0.2) is 37.7 Å². The Labute approximate surface area is 209 Å². The first-order valence-electron chi connectivity index (χ1n) is 11.4. The lowest BCUT2D eigenvalue weighted by molar-refractivity contribution is -0.136. The molecular weight excluding hydrogens is 470 g/mol. The second-order valence-corrected chi connectivity index (χ2v) is 8.97. The van der Waals surface area contributed by atoms with E-state index in [4.69, 9.17) is 25.8 Å². The number of hydrogen-bond donors (Lipinski definition) is 2. The average Bonchev–Trinajstić information content (AvgIpc) is 2.85. The van der Waals surface area contributed by atoms with E-state index in [9.17, 15) is 14.7 Å². The summed E-state index contributed by atoms with van der Waals surface area (Å²) in [6.45, 7) is 3.89. The normalized spacial score (nSPS) is 19.7. The van der Waals surface area contributed by atoms with Gasteiger partial charge in [0.05, 0.1) is 31.4 Å². The van der Waals surface area contributed by atoms with Crippen LogP contribution in [0.5, 0.6) is 17.2 Å². The molecule has 0 radical (unpaired) electrons. The zero-order valence-electron chi connectivity index (χ0n) is 20.1. The Morgan fingerprint density at radius 3 is 2.49 bits per heavy atom. The molecule has 0 aromatic heterocycles. The van der Waals surface area contributed by atoms with E-state index in [1.165, 1.54) is 7.11 Å². The summed E-state index contributed by atoms with van der Waals surface area (Å²) in [6.07, 6.45) is 0.890. The first-order chi connectivity index (χ1) is 16.8. The predicted molar refractivity (Wildman–Crippen MR) is 132 cm³/mol. The molecule has 0 fully saturated rings. The van der Waals surface area contributed by atoms with Gasteiger partial charge in [-0.1, -0.05) is 23.7 Å². The summed E-state index contributed by atoms with van der Waals surface area (Å²) >= 11 is 6.32. The molecule has 2 aromatic carbocycles. The minimum absolute atomic E-state index is 0.0184. The highest BCUT2D eigenvalue weighted by Crippen LogP contribution is 2.48. The molecule has 2 aliphatic rings. The summed E-state index contributed by atoms with van der Waals surface area (Å²) in [5, 5.41) is 13.7. The second-order valence-electron chi connectivity index (χ2n) is 8.56. The maximum absolute atomic E-state index is 13.6. The molecular formula is C27H28ClNO6. The van der Waals surface area contributed by atoms with Gasteiger partial charge in [0, 0.05) is 29.3 Å². The molecule has 2 aromatic rings. The Morgan fingerprint density at radius 2 is 1.86 bits per heavy atom. The number of phenolic OH excluding ortho intramolecular Hbond substituents is 1. The third kappa shape index (κ3) is 4.60. The van der Waals surface area contributed by atoms with Crippen LogP contribution in [0.2, 0.25) is 5.02 Å². The van der Waals surface area contributed by atoms with Crippen LogP contribution in [0.1, 0.15) is 49.7 Å². The Balaban J connectivity index is 1.82. The Morgan fingerprint density at radius 1 is 1.14 bits per heavy atom. The first kappa shape index (κ1) is 24.7. The molecule has 0 unspecified atom stereocenters. The molecule has 1 heterocycles. The maximum atomic E-state index is 13.6. The highest BCUT2D eigenvalue weighted by Gasteiger charge is 2.41. The minimum atomic E-state index is -0.708. The molecule has 4 rings (SSSR count). The van der Waals surface area contributed by atoms with E-state index < -0.39 is 11.9 Å². The standard InChI is InChI=1S/C27H28ClNO6/c1-5-35-22-13-17(10-19(28)26(22)31)24-23(27(32)34-4)14(2)29-20-11-16(12-21(30)25(20)24)15-6-8-18(33-3)9-7-15/h6-10,13,16,24,29,31H,5,11-12H2,1-4H3/t16-,24-/m0/s1. The van der Waals surface area contributed by atoms with Crippen molar-refractivity contribution >= 4 is 23.4 Å². The lowest BCUT2D eigenvalue weighted by Gasteiger charge is -2.36. The van der Waals surface area contributed by atoms with Crippen LogP contribution in [0, 0.1) is 0 Å². The van der Waals surface area contributed by atoms with Gasteiger partial charge in [0.15, 0.2) is 17.3 Å². The van der Waals surface area contributed by atoms with Gasteiger partial charge in [0.25, 0.3) is 0 Å². The molecule has 0 saturated heterocycles. The minimum Gasteiger partial charge on any atom is -0.503 e. The van der Waals surface area contributed by atoms with E-state index in [1.807, 2.05) is 24.3 Å². The van der Waals surface area contributed by atoms with Gasteiger partial charge in [-0.15, -0.1) is 0 Å². The van der Waals surface area contributed by atoms with Crippen LogP contribution in [-0.2, 0) is 14.3 Å². The van der Waals surface area contributed by atoms with Crippen molar-refractivity contribution in [1.82, 2.24) is 5.32 Å². The van der Waals surface area contributed by atoms with Crippen molar-refractivity contribution in [1.29, 1.82) is 0 Å². The molecule has 0 bridgehead atoms. The number of allylic oxidation sites excluding steroid dienone is 3. The van der Waals surface area contributed by atoms with Gasteiger partial charge in [-0.25, -0.2) is 4.79 Å². The van der Waals surface area contributed by atoms with E-state index in [0.29, 0.717) is 41.9 Å². The van der Waals surface area contributed by atoms with Gasteiger partial charge in [0.2, 0.25) is 0 Å². The molecule has 7 nitrogen and oxygen atoms in total. The number of halogens is 1. The van der Waals surface area contributed by atoms with Crippen LogP contribution in [0.25, 0.3) is 0 Å². The molecule has 0 amide bonds. The third-order valence-corrected chi connectivity index (χ3v) is 6.79. The monoisotopic (exact) mass is 497 g/mol. The molecule has 0 spiro atoms. The highest BCUT2D eigenvalue weighted by atomic mass is 35.5. The number of ketones is 1. The zero-order chi connectivity index (χ0) is 25.3. The summed E-state index contributed by atoms with van der Waals surface area (Å²) in [5.74, 6) is -0.579. The number of carbonyl (C=O) groups is 2. The number of dihydropyridines is 1. The third-order valence-electron chi connectivity index (χ3n) is 6.50. The van der Waals surface area contributed by atoms with Crippen molar-refractivity contribution in [2.45, 2.75) is 38.5 Å². The number of ether oxygens (including phenoxy) is 3. The summed E-state index contributed by atoms with van der Waals surface area (Å²) < 4.78 is 15.9. The number of hydrogen-bond acceptors (Lipinski definition) is 7. The largest absolute Gasteiger partial charge is 0.503 e. The van der Waals surface area contributed by atoms with Gasteiger partial charge >= 0.3 is 5.97 Å². The van der Waals surface area contributed by atoms with E-state index in [0.717, 1.165) is 17.0 Å².